The lowest BCUT2D eigenvalue weighted by Gasteiger charge is -2.10. The predicted molar refractivity (Wildman–Crippen MR) is 95.8 cm³/mol. The van der Waals surface area contributed by atoms with E-state index in [-0.39, 0.29) is 12.3 Å². The average molecular weight is 409 g/mol. The van der Waals surface area contributed by atoms with Crippen molar-refractivity contribution in [2.75, 3.05) is 5.32 Å². The zero-order chi connectivity index (χ0) is 21.3. The normalized spacial score (nSPS) is 11.0. The Kier molecular flexibility index (Phi) is 5.67. The number of aryl methyl sites for hydroxylation is 1. The number of nitrogens with one attached hydrogen (secondary N) is 1. The molecule has 4 nitrogen and oxygen atoms in total. The average Bonchev–Trinajstić information content (AvgIpc) is 2.96. The van der Waals surface area contributed by atoms with E-state index in [2.05, 4.69) is 10.4 Å². The first-order chi connectivity index (χ1) is 13.7. The van der Waals surface area contributed by atoms with Crippen molar-refractivity contribution in [3.8, 4) is 0 Å². The summed E-state index contributed by atoms with van der Waals surface area (Å²) in [5, 5.41) is 6.74. The standard InChI is InChI=1S/C20H16F5N3O/c1-10-20(26-14(29)8-12-6-4-3-5-7-12)11(2)28(27-10)9-13-15(21)17(23)19(25)18(24)16(13)22/h3-7H,8-9H2,1-2H3,(H,26,29). The first kappa shape index (κ1) is 20.5. The predicted octanol–water partition coefficient (Wildman–Crippen LogP) is 4.42. The minimum Gasteiger partial charge on any atom is -0.323 e. The summed E-state index contributed by atoms with van der Waals surface area (Å²) in [4.78, 5) is 12.3. The molecule has 0 aliphatic rings. The molecule has 0 atom stereocenters. The molecular weight excluding hydrogens is 393 g/mol. The zero-order valence-electron chi connectivity index (χ0n) is 15.5. The van der Waals surface area contributed by atoms with Crippen LogP contribution >= 0.6 is 0 Å². The lowest BCUT2D eigenvalue weighted by atomic mass is 10.1. The van der Waals surface area contributed by atoms with Crippen molar-refractivity contribution in [3.05, 3.63) is 81.9 Å². The first-order valence-corrected chi connectivity index (χ1v) is 8.58. The maximum absolute atomic E-state index is 13.9. The number of carbonyl (C=O) groups is 1. The van der Waals surface area contributed by atoms with Gasteiger partial charge in [0.25, 0.3) is 0 Å². The van der Waals surface area contributed by atoms with Crippen LogP contribution in [0.25, 0.3) is 0 Å². The van der Waals surface area contributed by atoms with Gasteiger partial charge in [-0.2, -0.15) is 5.10 Å². The van der Waals surface area contributed by atoms with Crippen LogP contribution in [0.15, 0.2) is 30.3 Å². The highest BCUT2D eigenvalue weighted by molar-refractivity contribution is 5.93. The van der Waals surface area contributed by atoms with Gasteiger partial charge in [0.1, 0.15) is 0 Å². The number of anilines is 1. The van der Waals surface area contributed by atoms with Crippen molar-refractivity contribution >= 4 is 11.6 Å². The highest BCUT2D eigenvalue weighted by atomic mass is 19.2. The number of halogens is 5. The Labute approximate surface area is 163 Å². The molecule has 2 aromatic carbocycles. The molecule has 1 aromatic heterocycles. The maximum Gasteiger partial charge on any atom is 0.228 e. The second-order valence-electron chi connectivity index (χ2n) is 6.46. The summed E-state index contributed by atoms with van der Waals surface area (Å²) in [7, 11) is 0. The van der Waals surface area contributed by atoms with Crippen molar-refractivity contribution in [1.29, 1.82) is 0 Å². The van der Waals surface area contributed by atoms with Gasteiger partial charge in [-0.15, -0.1) is 0 Å². The number of benzene rings is 2. The molecule has 152 valence electrons. The minimum absolute atomic E-state index is 0.0997. The summed E-state index contributed by atoms with van der Waals surface area (Å²) < 4.78 is 69.0. The smallest absolute Gasteiger partial charge is 0.228 e. The van der Waals surface area contributed by atoms with Gasteiger partial charge in [0.05, 0.1) is 35.6 Å². The number of nitrogens with zero attached hydrogens (tertiary/aromatic N) is 2. The fraction of sp³-hybridized carbons (Fsp3) is 0.200. The van der Waals surface area contributed by atoms with E-state index in [9.17, 15) is 26.7 Å². The summed E-state index contributed by atoms with van der Waals surface area (Å²) in [6, 6.07) is 8.97. The third-order valence-corrected chi connectivity index (χ3v) is 4.46. The molecule has 0 saturated carbocycles. The zero-order valence-corrected chi connectivity index (χ0v) is 15.5. The van der Waals surface area contributed by atoms with E-state index in [1.807, 2.05) is 6.07 Å². The van der Waals surface area contributed by atoms with Crippen LogP contribution in [0, 0.1) is 42.9 Å². The monoisotopic (exact) mass is 409 g/mol. The summed E-state index contributed by atoms with van der Waals surface area (Å²) in [5.41, 5.74) is 0.749. The van der Waals surface area contributed by atoms with E-state index >= 15 is 0 Å². The number of aromatic nitrogens is 2. The van der Waals surface area contributed by atoms with Crippen LogP contribution in [0.1, 0.15) is 22.5 Å². The van der Waals surface area contributed by atoms with E-state index in [1.165, 1.54) is 6.92 Å². The number of hydrogen-bond donors (Lipinski definition) is 1. The molecule has 0 aliphatic carbocycles. The molecule has 0 spiro atoms. The molecule has 29 heavy (non-hydrogen) atoms. The van der Waals surface area contributed by atoms with Crippen molar-refractivity contribution in [2.24, 2.45) is 0 Å². The quantitative estimate of drug-likeness (QED) is 0.385. The molecule has 0 fully saturated rings. The Morgan fingerprint density at radius 3 is 2.07 bits per heavy atom. The molecule has 0 aliphatic heterocycles. The number of carbonyl (C=O) groups excluding carboxylic acids is 1. The summed E-state index contributed by atoms with van der Waals surface area (Å²) in [5.74, 6) is -10.4. The molecule has 1 N–H and O–H groups in total. The van der Waals surface area contributed by atoms with Gasteiger partial charge in [-0.05, 0) is 19.4 Å². The van der Waals surface area contributed by atoms with Crippen LogP contribution in [-0.2, 0) is 17.8 Å². The fourth-order valence-corrected chi connectivity index (χ4v) is 2.94. The Morgan fingerprint density at radius 1 is 0.931 bits per heavy atom. The molecule has 9 heteroatoms. The van der Waals surface area contributed by atoms with E-state index in [0.717, 1.165) is 10.2 Å². The van der Waals surface area contributed by atoms with E-state index in [4.69, 9.17) is 0 Å². The van der Waals surface area contributed by atoms with Crippen LogP contribution in [0.4, 0.5) is 27.6 Å². The van der Waals surface area contributed by atoms with Crippen molar-refractivity contribution in [1.82, 2.24) is 9.78 Å². The van der Waals surface area contributed by atoms with E-state index in [1.54, 1.807) is 31.2 Å². The molecule has 1 heterocycles. The van der Waals surface area contributed by atoms with Crippen LogP contribution in [0.5, 0.6) is 0 Å². The van der Waals surface area contributed by atoms with E-state index < -0.39 is 41.2 Å². The molecular formula is C20H16F5N3O. The van der Waals surface area contributed by atoms with Crippen molar-refractivity contribution in [2.45, 2.75) is 26.8 Å². The maximum atomic E-state index is 13.9. The Bertz CT molecular complexity index is 1050. The lowest BCUT2D eigenvalue weighted by Crippen LogP contribution is -2.16. The topological polar surface area (TPSA) is 46.9 Å². The lowest BCUT2D eigenvalue weighted by molar-refractivity contribution is -0.115. The highest BCUT2D eigenvalue weighted by Gasteiger charge is 2.27. The van der Waals surface area contributed by atoms with Crippen molar-refractivity contribution < 1.29 is 26.7 Å². The van der Waals surface area contributed by atoms with Gasteiger partial charge in [0.15, 0.2) is 23.3 Å². The van der Waals surface area contributed by atoms with Crippen LogP contribution in [0.2, 0.25) is 0 Å². The molecule has 3 rings (SSSR count). The molecule has 0 radical (unpaired) electrons. The van der Waals surface area contributed by atoms with E-state index in [0.29, 0.717) is 17.1 Å². The molecule has 0 saturated heterocycles. The molecule has 0 bridgehead atoms. The SMILES string of the molecule is Cc1nn(Cc2c(F)c(F)c(F)c(F)c2F)c(C)c1NC(=O)Cc1ccccc1. The second kappa shape index (κ2) is 8.02. The van der Waals surface area contributed by atoms with Gasteiger partial charge >= 0.3 is 0 Å². The van der Waals surface area contributed by atoms with Gasteiger partial charge in [-0.3, -0.25) is 9.48 Å². The molecule has 1 amide bonds. The van der Waals surface area contributed by atoms with Crippen LogP contribution in [-0.4, -0.2) is 15.7 Å². The first-order valence-electron chi connectivity index (χ1n) is 8.58. The van der Waals surface area contributed by atoms with Crippen molar-refractivity contribution in [3.63, 3.8) is 0 Å². The number of hydrogen-bond acceptors (Lipinski definition) is 2. The number of amides is 1. The highest BCUT2D eigenvalue weighted by Crippen LogP contribution is 2.26. The summed E-state index contributed by atoms with van der Waals surface area (Å²) >= 11 is 0. The molecule has 0 unspecified atom stereocenters. The molecule has 3 aromatic rings. The largest absolute Gasteiger partial charge is 0.323 e. The Hall–Kier alpha value is -3.23. The second-order valence-corrected chi connectivity index (χ2v) is 6.46. The third-order valence-electron chi connectivity index (χ3n) is 4.46. The minimum atomic E-state index is -2.22. The summed E-state index contributed by atoms with van der Waals surface area (Å²) in [6.45, 7) is 2.39. The van der Waals surface area contributed by atoms with Gasteiger partial charge < -0.3 is 5.32 Å². The van der Waals surface area contributed by atoms with Gasteiger partial charge in [-0.25, -0.2) is 22.0 Å². The van der Waals surface area contributed by atoms with Crippen LogP contribution < -0.4 is 5.32 Å². The summed E-state index contributed by atoms with van der Waals surface area (Å²) in [6.07, 6.45) is 0.0997. The van der Waals surface area contributed by atoms with Gasteiger partial charge in [0.2, 0.25) is 11.7 Å². The van der Waals surface area contributed by atoms with Gasteiger partial charge in [0, 0.05) is 0 Å². The van der Waals surface area contributed by atoms with Crippen LogP contribution in [0.3, 0.4) is 0 Å². The van der Waals surface area contributed by atoms with Gasteiger partial charge in [-0.1, -0.05) is 30.3 Å². The Balaban J connectivity index is 1.86. The Morgan fingerprint density at radius 2 is 1.48 bits per heavy atom. The fourth-order valence-electron chi connectivity index (χ4n) is 2.94. The number of rotatable bonds is 5. The third kappa shape index (κ3) is 3.98.